The smallest absolute Gasteiger partial charge is 0.305 e. The minimum atomic E-state index is -0.807. The maximum Gasteiger partial charge on any atom is 0.305 e. The van der Waals surface area contributed by atoms with E-state index in [1.807, 2.05) is 0 Å². The van der Waals surface area contributed by atoms with Crippen LogP contribution in [0.25, 0.3) is 0 Å². The molecule has 0 bridgehead atoms. The van der Waals surface area contributed by atoms with Crippen LogP contribution in [0.15, 0.2) is 0 Å². The zero-order valence-electron chi connectivity index (χ0n) is 9.95. The van der Waals surface area contributed by atoms with Gasteiger partial charge in [0.1, 0.15) is 0 Å². The van der Waals surface area contributed by atoms with E-state index >= 15 is 0 Å². The van der Waals surface area contributed by atoms with Crippen molar-refractivity contribution in [2.45, 2.75) is 57.9 Å². The summed E-state index contributed by atoms with van der Waals surface area (Å²) in [5.74, 6) is -0.671. The number of nitrogens with zero attached hydrogens (tertiary/aromatic N) is 1. The maximum absolute atomic E-state index is 11.8. The number of carboxylic acid groups (broad SMARTS) is 1. The molecule has 0 radical (unpaired) electrons. The molecular formula is C12H21NO3. The van der Waals surface area contributed by atoms with Crippen LogP contribution in [0.2, 0.25) is 0 Å². The van der Waals surface area contributed by atoms with E-state index in [9.17, 15) is 9.59 Å². The fraction of sp³-hybridized carbons (Fsp3) is 0.833. The molecule has 0 aromatic carbocycles. The van der Waals surface area contributed by atoms with Gasteiger partial charge in [-0.2, -0.15) is 0 Å². The third-order valence-electron chi connectivity index (χ3n) is 3.10. The van der Waals surface area contributed by atoms with E-state index in [0.29, 0.717) is 6.42 Å². The number of hydrogen-bond donors (Lipinski definition) is 1. The number of aliphatic carboxylic acids is 1. The molecule has 0 aliphatic carbocycles. The van der Waals surface area contributed by atoms with Crippen LogP contribution in [-0.4, -0.2) is 34.5 Å². The molecule has 1 aliphatic heterocycles. The van der Waals surface area contributed by atoms with Gasteiger partial charge in [-0.25, -0.2) is 0 Å². The van der Waals surface area contributed by atoms with Crippen molar-refractivity contribution >= 4 is 11.9 Å². The maximum atomic E-state index is 11.8. The van der Waals surface area contributed by atoms with Gasteiger partial charge in [0.25, 0.3) is 0 Å². The van der Waals surface area contributed by atoms with E-state index in [1.54, 1.807) is 4.90 Å². The van der Waals surface area contributed by atoms with Crippen molar-refractivity contribution in [1.82, 2.24) is 4.90 Å². The van der Waals surface area contributed by atoms with Crippen LogP contribution in [0.4, 0.5) is 0 Å². The van der Waals surface area contributed by atoms with Crippen LogP contribution in [-0.2, 0) is 9.59 Å². The van der Waals surface area contributed by atoms with E-state index < -0.39 is 5.97 Å². The van der Waals surface area contributed by atoms with E-state index in [2.05, 4.69) is 6.92 Å². The Labute approximate surface area is 96.6 Å². The lowest BCUT2D eigenvalue weighted by Gasteiger charge is -2.23. The molecule has 1 rings (SSSR count). The molecule has 0 aromatic rings. The van der Waals surface area contributed by atoms with Gasteiger partial charge < -0.3 is 10.0 Å². The van der Waals surface area contributed by atoms with Crippen molar-refractivity contribution in [3.63, 3.8) is 0 Å². The third kappa shape index (κ3) is 3.83. The van der Waals surface area contributed by atoms with Crippen molar-refractivity contribution in [1.29, 1.82) is 0 Å². The number of carbonyl (C=O) groups is 2. The van der Waals surface area contributed by atoms with Crippen LogP contribution in [0.5, 0.6) is 0 Å². The van der Waals surface area contributed by atoms with Gasteiger partial charge in [-0.15, -0.1) is 0 Å². The zero-order chi connectivity index (χ0) is 12.0. The molecule has 1 amide bonds. The summed E-state index contributed by atoms with van der Waals surface area (Å²) in [6.45, 7) is 2.84. The number of amides is 1. The highest BCUT2D eigenvalue weighted by atomic mass is 16.4. The number of rotatable bonds is 6. The summed E-state index contributed by atoms with van der Waals surface area (Å²) < 4.78 is 0. The summed E-state index contributed by atoms with van der Waals surface area (Å²) in [7, 11) is 0. The van der Waals surface area contributed by atoms with E-state index in [1.165, 1.54) is 0 Å². The first kappa shape index (κ1) is 13.0. The molecule has 1 unspecified atom stereocenters. The van der Waals surface area contributed by atoms with Crippen molar-refractivity contribution in [3.05, 3.63) is 0 Å². The molecule has 1 aliphatic rings. The first-order valence-corrected chi connectivity index (χ1v) is 6.16. The largest absolute Gasteiger partial charge is 0.481 e. The van der Waals surface area contributed by atoms with Gasteiger partial charge in [-0.1, -0.05) is 19.8 Å². The molecule has 0 spiro atoms. The fourth-order valence-electron chi connectivity index (χ4n) is 2.25. The number of unbranched alkanes of at least 4 members (excludes halogenated alkanes) is 2. The van der Waals surface area contributed by atoms with E-state index in [-0.39, 0.29) is 18.4 Å². The Morgan fingerprint density at radius 1 is 1.38 bits per heavy atom. The van der Waals surface area contributed by atoms with Crippen LogP contribution in [0.1, 0.15) is 51.9 Å². The fourth-order valence-corrected chi connectivity index (χ4v) is 2.25. The summed E-state index contributed by atoms with van der Waals surface area (Å²) in [6, 6.07) is -0.0633. The normalized spacial score (nSPS) is 20.1. The van der Waals surface area contributed by atoms with Gasteiger partial charge in [0.15, 0.2) is 0 Å². The van der Waals surface area contributed by atoms with Crippen molar-refractivity contribution in [2.75, 3.05) is 6.54 Å². The highest BCUT2D eigenvalue weighted by Crippen LogP contribution is 2.21. The van der Waals surface area contributed by atoms with E-state index in [4.69, 9.17) is 5.11 Å². The lowest BCUT2D eigenvalue weighted by atomic mass is 10.1. The van der Waals surface area contributed by atoms with Gasteiger partial charge in [0.2, 0.25) is 5.91 Å². The first-order valence-electron chi connectivity index (χ1n) is 6.16. The number of carboxylic acids is 1. The average molecular weight is 227 g/mol. The molecule has 92 valence electrons. The molecule has 1 N–H and O–H groups in total. The Bertz CT molecular complexity index is 253. The van der Waals surface area contributed by atoms with Gasteiger partial charge in [-0.05, 0) is 19.3 Å². The molecule has 1 fully saturated rings. The lowest BCUT2D eigenvalue weighted by Crippen LogP contribution is -2.36. The number of hydrogen-bond acceptors (Lipinski definition) is 2. The molecule has 1 atom stereocenters. The summed E-state index contributed by atoms with van der Waals surface area (Å²) >= 11 is 0. The number of likely N-dealkylation sites (tertiary alicyclic amines) is 1. The second-order valence-electron chi connectivity index (χ2n) is 4.44. The van der Waals surface area contributed by atoms with Gasteiger partial charge >= 0.3 is 5.97 Å². The Kier molecular flexibility index (Phi) is 5.29. The van der Waals surface area contributed by atoms with Gasteiger partial charge in [-0.3, -0.25) is 9.59 Å². The van der Waals surface area contributed by atoms with E-state index in [0.717, 1.165) is 38.6 Å². The predicted molar refractivity (Wildman–Crippen MR) is 61.1 cm³/mol. The molecule has 0 saturated carbocycles. The second-order valence-corrected chi connectivity index (χ2v) is 4.44. The Balaban J connectivity index is 2.38. The summed E-state index contributed by atoms with van der Waals surface area (Å²) in [5, 5.41) is 8.75. The lowest BCUT2D eigenvalue weighted by molar-refractivity contribution is -0.139. The SMILES string of the molecule is CCCCCC(=O)N1CCCC1CC(=O)O. The van der Waals surface area contributed by atoms with Crippen molar-refractivity contribution < 1.29 is 14.7 Å². The monoisotopic (exact) mass is 227 g/mol. The van der Waals surface area contributed by atoms with Crippen molar-refractivity contribution in [3.8, 4) is 0 Å². The van der Waals surface area contributed by atoms with Crippen molar-refractivity contribution in [2.24, 2.45) is 0 Å². The highest BCUT2D eigenvalue weighted by Gasteiger charge is 2.29. The quantitative estimate of drug-likeness (QED) is 0.706. The topological polar surface area (TPSA) is 57.6 Å². The van der Waals surface area contributed by atoms with Crippen LogP contribution in [0.3, 0.4) is 0 Å². The number of carbonyl (C=O) groups excluding carboxylic acids is 1. The summed E-state index contributed by atoms with van der Waals surface area (Å²) in [6.07, 6.45) is 5.55. The molecule has 0 aromatic heterocycles. The van der Waals surface area contributed by atoms with Crippen LogP contribution < -0.4 is 0 Å². The van der Waals surface area contributed by atoms with Gasteiger partial charge in [0.05, 0.1) is 6.42 Å². The zero-order valence-corrected chi connectivity index (χ0v) is 9.95. The molecule has 1 saturated heterocycles. The molecular weight excluding hydrogens is 206 g/mol. The van der Waals surface area contributed by atoms with Crippen LogP contribution in [0, 0.1) is 0 Å². The molecule has 16 heavy (non-hydrogen) atoms. The molecule has 4 heteroatoms. The standard InChI is InChI=1S/C12H21NO3/c1-2-3-4-7-11(14)13-8-5-6-10(13)9-12(15)16/h10H,2-9H2,1H3,(H,15,16). The van der Waals surface area contributed by atoms with Gasteiger partial charge in [0, 0.05) is 19.0 Å². The average Bonchev–Trinajstić information content (AvgIpc) is 2.65. The van der Waals surface area contributed by atoms with Crippen LogP contribution >= 0.6 is 0 Å². The Morgan fingerprint density at radius 3 is 2.75 bits per heavy atom. The summed E-state index contributed by atoms with van der Waals surface area (Å²) in [5.41, 5.74) is 0. The summed E-state index contributed by atoms with van der Waals surface area (Å²) in [4.78, 5) is 24.3. The molecule has 4 nitrogen and oxygen atoms in total. The third-order valence-corrected chi connectivity index (χ3v) is 3.10. The minimum Gasteiger partial charge on any atom is -0.481 e. The minimum absolute atomic E-state index is 0.0633. The highest BCUT2D eigenvalue weighted by molar-refractivity contribution is 5.78. The first-order chi connectivity index (χ1) is 7.65. The Morgan fingerprint density at radius 2 is 2.12 bits per heavy atom. The predicted octanol–water partition coefficient (Wildman–Crippen LogP) is 2.03. The second kappa shape index (κ2) is 6.51. The Hall–Kier alpha value is -1.06. The molecule has 1 heterocycles.